The first-order valence-electron chi connectivity index (χ1n) is 8.63. The fourth-order valence-corrected chi connectivity index (χ4v) is 3.68. The zero-order chi connectivity index (χ0) is 17.5. The summed E-state index contributed by atoms with van der Waals surface area (Å²) in [5, 5.41) is 9.94. The number of hydrogen-bond acceptors (Lipinski definition) is 6. The molecule has 7 nitrogen and oxygen atoms in total. The van der Waals surface area contributed by atoms with Gasteiger partial charge >= 0.3 is 0 Å². The van der Waals surface area contributed by atoms with Gasteiger partial charge in [0.1, 0.15) is 24.1 Å². The van der Waals surface area contributed by atoms with E-state index in [1.54, 1.807) is 18.6 Å². The van der Waals surface area contributed by atoms with E-state index in [0.29, 0.717) is 19.0 Å². The summed E-state index contributed by atoms with van der Waals surface area (Å²) in [4.78, 5) is 13.4. The molecule has 0 bridgehead atoms. The highest BCUT2D eigenvalue weighted by Gasteiger charge is 2.48. The molecule has 0 radical (unpaired) electrons. The average Bonchev–Trinajstić information content (AvgIpc) is 3.40. The van der Waals surface area contributed by atoms with E-state index >= 15 is 0 Å². The van der Waals surface area contributed by atoms with Crippen LogP contribution in [0.3, 0.4) is 0 Å². The molecule has 0 saturated carbocycles. The molecule has 2 saturated heterocycles. The van der Waals surface area contributed by atoms with Gasteiger partial charge in [-0.15, -0.1) is 0 Å². The number of hydrogen-bond donors (Lipinski definition) is 1. The minimum atomic E-state index is -0.564. The summed E-state index contributed by atoms with van der Waals surface area (Å²) in [7, 11) is 0. The fraction of sp³-hybridized carbons (Fsp3) is 0.316. The monoisotopic (exact) mass is 350 g/mol. The lowest BCUT2D eigenvalue weighted by Gasteiger charge is -2.19. The van der Waals surface area contributed by atoms with Crippen molar-refractivity contribution in [3.05, 3.63) is 55.1 Å². The predicted molar refractivity (Wildman–Crippen MR) is 93.2 cm³/mol. The molecule has 26 heavy (non-hydrogen) atoms. The van der Waals surface area contributed by atoms with E-state index < -0.39 is 6.10 Å². The van der Waals surface area contributed by atoms with Crippen molar-refractivity contribution in [2.45, 2.75) is 24.4 Å². The zero-order valence-electron chi connectivity index (χ0n) is 14.0. The molecule has 0 spiro atoms. The van der Waals surface area contributed by atoms with Gasteiger partial charge in [0.25, 0.3) is 0 Å². The molecule has 4 atom stereocenters. The number of rotatable bonds is 3. The van der Waals surface area contributed by atoms with Crippen LogP contribution in [0.2, 0.25) is 0 Å². The van der Waals surface area contributed by atoms with Crippen molar-refractivity contribution in [1.82, 2.24) is 19.5 Å². The van der Waals surface area contributed by atoms with E-state index in [4.69, 9.17) is 9.47 Å². The second-order valence-electron chi connectivity index (χ2n) is 6.55. The Morgan fingerprint density at radius 2 is 1.69 bits per heavy atom. The summed E-state index contributed by atoms with van der Waals surface area (Å²) in [6.07, 6.45) is 6.22. The molecule has 0 amide bonds. The van der Waals surface area contributed by atoms with Crippen LogP contribution in [0.5, 0.6) is 0 Å². The average molecular weight is 350 g/mol. The second kappa shape index (κ2) is 6.28. The molecule has 4 heterocycles. The molecule has 1 N–H and O–H groups in total. The van der Waals surface area contributed by atoms with Gasteiger partial charge in [0.2, 0.25) is 0 Å². The van der Waals surface area contributed by atoms with Gasteiger partial charge in [-0.05, 0) is 0 Å². The summed E-state index contributed by atoms with van der Waals surface area (Å²) in [6, 6.07) is 9.83. The number of benzene rings is 1. The highest BCUT2D eigenvalue weighted by atomic mass is 16.6. The van der Waals surface area contributed by atoms with Crippen LogP contribution in [-0.2, 0) is 9.47 Å². The Bertz CT molecular complexity index is 897. The molecule has 7 heteroatoms. The Balaban J connectivity index is 1.45. The predicted octanol–water partition coefficient (Wildman–Crippen LogP) is 1.71. The van der Waals surface area contributed by atoms with E-state index in [2.05, 4.69) is 15.0 Å². The highest BCUT2D eigenvalue weighted by Crippen LogP contribution is 2.36. The van der Waals surface area contributed by atoms with Crippen LogP contribution in [0.15, 0.2) is 55.1 Å². The number of ether oxygens (including phenoxy) is 2. The first-order valence-corrected chi connectivity index (χ1v) is 8.63. The lowest BCUT2D eigenvalue weighted by atomic mass is 10.1. The van der Waals surface area contributed by atoms with Crippen LogP contribution in [-0.4, -0.2) is 56.2 Å². The van der Waals surface area contributed by atoms with Gasteiger partial charge in [0, 0.05) is 30.4 Å². The Labute approximate surface area is 150 Å². The molecule has 0 unspecified atom stereocenters. The minimum Gasteiger partial charge on any atom is -0.388 e. The number of aliphatic hydroxyl groups excluding tert-OH is 1. The topological polar surface area (TPSA) is 82.3 Å². The zero-order valence-corrected chi connectivity index (χ0v) is 14.0. The normalized spacial score (nSPS) is 27.6. The molecule has 0 aliphatic carbocycles. The lowest BCUT2D eigenvalue weighted by Crippen LogP contribution is -2.30. The van der Waals surface area contributed by atoms with Gasteiger partial charge in [-0.25, -0.2) is 15.0 Å². The van der Waals surface area contributed by atoms with Gasteiger partial charge in [-0.3, -0.25) is 0 Å². The quantitative estimate of drug-likeness (QED) is 0.774. The summed E-state index contributed by atoms with van der Waals surface area (Å²) in [6.45, 7) is 0.795. The van der Waals surface area contributed by atoms with Gasteiger partial charge in [0.15, 0.2) is 5.82 Å². The first kappa shape index (κ1) is 15.6. The smallest absolute Gasteiger partial charge is 0.159 e. The van der Waals surface area contributed by atoms with Crippen molar-refractivity contribution in [2.75, 3.05) is 13.2 Å². The standard InChI is InChI=1S/C19H18N4O3/c24-15-11-26-16-14(10-25-17(15)16)23-7-6-20-19(23)13-8-21-18(22-9-13)12-4-2-1-3-5-12/h1-9,14-17,24H,10-11H2/t14-,15-,16-,17-/m1/s1. The van der Waals surface area contributed by atoms with Crippen molar-refractivity contribution >= 4 is 0 Å². The molecule has 3 aromatic rings. The van der Waals surface area contributed by atoms with E-state index in [9.17, 15) is 5.11 Å². The molecule has 2 aliphatic rings. The Hall–Kier alpha value is -2.61. The molecule has 1 aromatic carbocycles. The van der Waals surface area contributed by atoms with Crippen molar-refractivity contribution in [1.29, 1.82) is 0 Å². The number of imidazole rings is 1. The lowest BCUT2D eigenvalue weighted by molar-refractivity contribution is 0.0172. The Morgan fingerprint density at radius 1 is 0.923 bits per heavy atom. The summed E-state index contributed by atoms with van der Waals surface area (Å²) in [5.41, 5.74) is 1.81. The molecule has 2 fully saturated rings. The molecule has 132 valence electrons. The van der Waals surface area contributed by atoms with E-state index in [0.717, 1.165) is 17.0 Å². The van der Waals surface area contributed by atoms with Crippen molar-refractivity contribution in [3.63, 3.8) is 0 Å². The van der Waals surface area contributed by atoms with Crippen LogP contribution >= 0.6 is 0 Å². The summed E-state index contributed by atoms with van der Waals surface area (Å²) < 4.78 is 13.5. The minimum absolute atomic E-state index is 0.0246. The largest absolute Gasteiger partial charge is 0.388 e. The number of aliphatic hydroxyl groups is 1. The maximum Gasteiger partial charge on any atom is 0.159 e. The first-order chi connectivity index (χ1) is 12.8. The van der Waals surface area contributed by atoms with Crippen molar-refractivity contribution in [2.24, 2.45) is 0 Å². The molecular weight excluding hydrogens is 332 g/mol. The number of fused-ring (bicyclic) bond motifs is 1. The van der Waals surface area contributed by atoms with Crippen LogP contribution in [0, 0.1) is 0 Å². The molecule has 5 rings (SSSR count). The Morgan fingerprint density at radius 3 is 2.50 bits per heavy atom. The number of aromatic nitrogens is 4. The molecule has 2 aliphatic heterocycles. The maximum absolute atomic E-state index is 9.94. The van der Waals surface area contributed by atoms with Crippen molar-refractivity contribution < 1.29 is 14.6 Å². The third-order valence-corrected chi connectivity index (χ3v) is 4.97. The van der Waals surface area contributed by atoms with Gasteiger partial charge in [0.05, 0.1) is 24.8 Å². The summed E-state index contributed by atoms with van der Waals surface area (Å²) >= 11 is 0. The van der Waals surface area contributed by atoms with Gasteiger partial charge in [-0.2, -0.15) is 0 Å². The summed E-state index contributed by atoms with van der Waals surface area (Å²) in [5.74, 6) is 1.45. The van der Waals surface area contributed by atoms with Gasteiger partial charge < -0.3 is 19.1 Å². The van der Waals surface area contributed by atoms with Crippen LogP contribution in [0.1, 0.15) is 6.04 Å². The SMILES string of the molecule is O[C@@H]1CO[C@H]2[C@@H]1OC[C@H]2n1ccnc1-c1cnc(-c2ccccc2)nc1. The van der Waals surface area contributed by atoms with Crippen LogP contribution < -0.4 is 0 Å². The van der Waals surface area contributed by atoms with E-state index in [-0.39, 0.29) is 18.2 Å². The van der Waals surface area contributed by atoms with Crippen molar-refractivity contribution in [3.8, 4) is 22.8 Å². The molecule has 2 aromatic heterocycles. The van der Waals surface area contributed by atoms with Gasteiger partial charge in [-0.1, -0.05) is 30.3 Å². The Kier molecular flexibility index (Phi) is 3.77. The molecular formula is C19H18N4O3. The fourth-order valence-electron chi connectivity index (χ4n) is 3.68. The maximum atomic E-state index is 9.94. The van der Waals surface area contributed by atoms with Crippen LogP contribution in [0.4, 0.5) is 0 Å². The van der Waals surface area contributed by atoms with Crippen LogP contribution in [0.25, 0.3) is 22.8 Å². The second-order valence-corrected chi connectivity index (χ2v) is 6.55. The third kappa shape index (κ3) is 2.52. The number of nitrogens with zero attached hydrogens (tertiary/aromatic N) is 4. The highest BCUT2D eigenvalue weighted by molar-refractivity contribution is 5.58. The van der Waals surface area contributed by atoms with E-state index in [1.807, 2.05) is 41.1 Å². The van der Waals surface area contributed by atoms with E-state index in [1.165, 1.54) is 0 Å². The third-order valence-electron chi connectivity index (χ3n) is 4.97.